The molecule has 1 fully saturated rings. The van der Waals surface area contributed by atoms with Crippen molar-refractivity contribution < 1.29 is 13.2 Å². The molecular formula is C14H21N3O3S. The van der Waals surface area contributed by atoms with E-state index in [4.69, 9.17) is 0 Å². The molecule has 0 radical (unpaired) electrons. The fraction of sp³-hybridized carbons (Fsp3) is 0.500. The number of carbonyl (C=O) groups excluding carboxylic acids is 1. The van der Waals surface area contributed by atoms with Crippen molar-refractivity contribution in [3.8, 4) is 0 Å². The second kappa shape index (κ2) is 7.02. The van der Waals surface area contributed by atoms with E-state index in [1.54, 1.807) is 12.1 Å². The molecule has 0 aliphatic heterocycles. The summed E-state index contributed by atoms with van der Waals surface area (Å²) in [4.78, 5) is 12.0. The highest BCUT2D eigenvalue weighted by Gasteiger charge is 2.16. The molecular weight excluding hydrogens is 290 g/mol. The summed E-state index contributed by atoms with van der Waals surface area (Å²) in [6.45, 7) is 0.244. The molecule has 21 heavy (non-hydrogen) atoms. The number of amides is 1. The van der Waals surface area contributed by atoms with Gasteiger partial charge in [-0.25, -0.2) is 13.1 Å². The van der Waals surface area contributed by atoms with Crippen LogP contribution in [0.2, 0.25) is 0 Å². The third-order valence-electron chi connectivity index (χ3n) is 3.60. The summed E-state index contributed by atoms with van der Waals surface area (Å²) in [7, 11) is -2.15. The first kappa shape index (κ1) is 15.9. The van der Waals surface area contributed by atoms with Gasteiger partial charge < -0.3 is 10.6 Å². The molecule has 116 valence electrons. The molecule has 3 N–H and O–H groups in total. The predicted octanol–water partition coefficient (Wildman–Crippen LogP) is 1.07. The van der Waals surface area contributed by atoms with Crippen molar-refractivity contribution in [1.29, 1.82) is 0 Å². The van der Waals surface area contributed by atoms with Crippen molar-refractivity contribution in [2.45, 2.75) is 36.6 Å². The van der Waals surface area contributed by atoms with Gasteiger partial charge in [-0.2, -0.15) is 0 Å². The van der Waals surface area contributed by atoms with Gasteiger partial charge in [-0.05, 0) is 38.1 Å². The van der Waals surface area contributed by atoms with Crippen LogP contribution in [0.25, 0.3) is 0 Å². The van der Waals surface area contributed by atoms with Gasteiger partial charge in [0.2, 0.25) is 15.9 Å². The molecule has 7 heteroatoms. The molecule has 0 bridgehead atoms. The first-order valence-electron chi connectivity index (χ1n) is 7.08. The maximum Gasteiger partial charge on any atom is 0.240 e. The lowest BCUT2D eigenvalue weighted by atomic mass is 10.2. The van der Waals surface area contributed by atoms with Crippen LogP contribution in [0.15, 0.2) is 29.2 Å². The first-order valence-corrected chi connectivity index (χ1v) is 8.56. The summed E-state index contributed by atoms with van der Waals surface area (Å²) < 4.78 is 25.7. The Hall–Kier alpha value is -1.44. The Bertz CT molecular complexity index is 595. The van der Waals surface area contributed by atoms with Crippen molar-refractivity contribution in [2.75, 3.05) is 18.9 Å². The summed E-state index contributed by atoms with van der Waals surface area (Å²) >= 11 is 0. The van der Waals surface area contributed by atoms with E-state index in [-0.39, 0.29) is 17.3 Å². The zero-order chi connectivity index (χ0) is 15.3. The van der Waals surface area contributed by atoms with E-state index < -0.39 is 10.0 Å². The van der Waals surface area contributed by atoms with Crippen molar-refractivity contribution in [3.05, 3.63) is 24.3 Å². The normalized spacial score (nSPS) is 16.0. The number of hydrogen-bond donors (Lipinski definition) is 3. The van der Waals surface area contributed by atoms with E-state index in [0.29, 0.717) is 11.7 Å². The topological polar surface area (TPSA) is 87.3 Å². The quantitative estimate of drug-likeness (QED) is 0.733. The van der Waals surface area contributed by atoms with Crippen LogP contribution in [-0.4, -0.2) is 34.0 Å². The van der Waals surface area contributed by atoms with Crippen molar-refractivity contribution in [2.24, 2.45) is 0 Å². The van der Waals surface area contributed by atoms with Crippen LogP contribution in [0.1, 0.15) is 25.7 Å². The molecule has 1 aliphatic rings. The minimum absolute atomic E-state index is 0.131. The number of rotatable bonds is 6. The Balaban J connectivity index is 1.93. The van der Waals surface area contributed by atoms with Crippen LogP contribution in [0.5, 0.6) is 0 Å². The predicted molar refractivity (Wildman–Crippen MR) is 81.6 cm³/mol. The molecule has 1 saturated carbocycles. The highest BCUT2D eigenvalue weighted by molar-refractivity contribution is 7.89. The van der Waals surface area contributed by atoms with Crippen molar-refractivity contribution >= 4 is 21.6 Å². The Morgan fingerprint density at radius 1 is 1.29 bits per heavy atom. The zero-order valence-electron chi connectivity index (χ0n) is 12.1. The average molecular weight is 311 g/mol. The largest absolute Gasteiger partial charge is 0.325 e. The number of carbonyl (C=O) groups is 1. The maximum absolute atomic E-state index is 11.9. The van der Waals surface area contributed by atoms with Gasteiger partial charge >= 0.3 is 0 Å². The third kappa shape index (κ3) is 4.52. The van der Waals surface area contributed by atoms with Gasteiger partial charge in [0.1, 0.15) is 0 Å². The van der Waals surface area contributed by atoms with Gasteiger partial charge in [0.25, 0.3) is 0 Å². The molecule has 1 aromatic rings. The van der Waals surface area contributed by atoms with E-state index >= 15 is 0 Å². The number of hydrogen-bond acceptors (Lipinski definition) is 4. The average Bonchev–Trinajstić information content (AvgIpc) is 2.99. The van der Waals surface area contributed by atoms with E-state index in [0.717, 1.165) is 12.8 Å². The Morgan fingerprint density at radius 3 is 2.67 bits per heavy atom. The minimum Gasteiger partial charge on any atom is -0.325 e. The van der Waals surface area contributed by atoms with Crippen LogP contribution in [0, 0.1) is 0 Å². The lowest BCUT2D eigenvalue weighted by molar-refractivity contribution is -0.115. The van der Waals surface area contributed by atoms with Crippen LogP contribution < -0.4 is 15.4 Å². The molecule has 6 nitrogen and oxygen atoms in total. The van der Waals surface area contributed by atoms with Gasteiger partial charge in [0, 0.05) is 11.7 Å². The molecule has 1 aliphatic carbocycles. The van der Waals surface area contributed by atoms with Gasteiger partial charge in [-0.15, -0.1) is 0 Å². The molecule has 0 aromatic heterocycles. The number of nitrogens with one attached hydrogen (secondary N) is 3. The molecule has 0 spiro atoms. The SMILES string of the molecule is CNS(=O)(=O)c1cccc(NC(=O)CNC2CCCC2)c1. The van der Waals surface area contributed by atoms with Gasteiger partial charge in [-0.3, -0.25) is 4.79 Å². The summed E-state index contributed by atoms with van der Waals surface area (Å²) in [5, 5.41) is 5.92. The van der Waals surface area contributed by atoms with E-state index in [1.807, 2.05) is 0 Å². The lowest BCUT2D eigenvalue weighted by Crippen LogP contribution is -2.34. The molecule has 0 atom stereocenters. The van der Waals surface area contributed by atoms with Crippen LogP contribution in [-0.2, 0) is 14.8 Å². The van der Waals surface area contributed by atoms with Gasteiger partial charge in [-0.1, -0.05) is 18.9 Å². The third-order valence-corrected chi connectivity index (χ3v) is 5.02. The molecule has 1 amide bonds. The zero-order valence-corrected chi connectivity index (χ0v) is 12.9. The fourth-order valence-corrected chi connectivity index (χ4v) is 3.21. The Morgan fingerprint density at radius 2 is 2.00 bits per heavy atom. The summed E-state index contributed by atoms with van der Waals surface area (Å²) in [6.07, 6.45) is 4.65. The fourth-order valence-electron chi connectivity index (χ4n) is 2.43. The lowest BCUT2D eigenvalue weighted by Gasteiger charge is -2.12. The summed E-state index contributed by atoms with van der Waals surface area (Å²) in [5.74, 6) is -0.166. The molecule has 1 aromatic carbocycles. The highest BCUT2D eigenvalue weighted by Crippen LogP contribution is 2.17. The number of benzene rings is 1. The smallest absolute Gasteiger partial charge is 0.240 e. The van der Waals surface area contributed by atoms with Gasteiger partial charge in [0.15, 0.2) is 0 Å². The molecule has 0 unspecified atom stereocenters. The standard InChI is InChI=1S/C14H21N3O3S/c1-15-21(19,20)13-8-4-7-12(9-13)17-14(18)10-16-11-5-2-3-6-11/h4,7-9,11,15-16H,2-3,5-6,10H2,1H3,(H,17,18). The summed E-state index contributed by atoms with van der Waals surface area (Å²) in [5.41, 5.74) is 0.476. The van der Waals surface area contributed by atoms with Gasteiger partial charge in [0.05, 0.1) is 11.4 Å². The number of sulfonamides is 1. The maximum atomic E-state index is 11.9. The Labute approximate surface area is 125 Å². The van der Waals surface area contributed by atoms with Crippen LogP contribution >= 0.6 is 0 Å². The Kier molecular flexibility index (Phi) is 5.33. The monoisotopic (exact) mass is 311 g/mol. The highest BCUT2D eigenvalue weighted by atomic mass is 32.2. The second-order valence-electron chi connectivity index (χ2n) is 5.15. The van der Waals surface area contributed by atoms with Crippen LogP contribution in [0.3, 0.4) is 0 Å². The molecule has 0 saturated heterocycles. The van der Waals surface area contributed by atoms with Crippen molar-refractivity contribution in [3.63, 3.8) is 0 Å². The van der Waals surface area contributed by atoms with Crippen LogP contribution in [0.4, 0.5) is 5.69 Å². The van der Waals surface area contributed by atoms with Crippen molar-refractivity contribution in [1.82, 2.24) is 10.0 Å². The summed E-state index contributed by atoms with van der Waals surface area (Å²) in [6, 6.07) is 6.62. The minimum atomic E-state index is -3.50. The first-order chi connectivity index (χ1) is 10.0. The molecule has 0 heterocycles. The molecule has 2 rings (SSSR count). The van der Waals surface area contributed by atoms with E-state index in [1.165, 1.54) is 32.0 Å². The number of anilines is 1. The van der Waals surface area contributed by atoms with E-state index in [2.05, 4.69) is 15.4 Å². The second-order valence-corrected chi connectivity index (χ2v) is 7.03. The van der Waals surface area contributed by atoms with E-state index in [9.17, 15) is 13.2 Å².